The third-order valence-electron chi connectivity index (χ3n) is 3.79. The summed E-state index contributed by atoms with van der Waals surface area (Å²) in [5, 5.41) is 4.98. The third kappa shape index (κ3) is 7.00. The molecule has 3 aromatic carbocycles. The lowest BCUT2D eigenvalue weighted by molar-refractivity contribution is -0.123. The van der Waals surface area contributed by atoms with E-state index in [0.29, 0.717) is 21.4 Å². The molecule has 0 aliphatic heterocycles. The predicted octanol–water partition coefficient (Wildman–Crippen LogP) is 5.40. The third-order valence-corrected chi connectivity index (χ3v) is 4.57. The number of hydrogen-bond donors (Lipinski definition) is 1. The lowest BCUT2D eigenvalue weighted by Gasteiger charge is -2.07. The number of hydrazone groups is 1. The van der Waals surface area contributed by atoms with Gasteiger partial charge in [-0.25, -0.2) is 10.2 Å². The molecule has 3 aromatic rings. The number of benzene rings is 3. The smallest absolute Gasteiger partial charge is 0.345 e. The van der Waals surface area contributed by atoms with Crippen molar-refractivity contribution < 1.29 is 19.1 Å². The molecule has 0 saturated carbocycles. The van der Waals surface area contributed by atoms with Crippen LogP contribution in [0.1, 0.15) is 15.9 Å². The van der Waals surface area contributed by atoms with Crippen molar-refractivity contribution >= 4 is 52.9 Å². The summed E-state index contributed by atoms with van der Waals surface area (Å²) >= 11 is 17.7. The number of carbonyl (C=O) groups is 2. The summed E-state index contributed by atoms with van der Waals surface area (Å²) in [5.74, 6) is -0.309. The number of nitrogens with zero attached hydrogens (tertiary/aromatic N) is 1. The summed E-state index contributed by atoms with van der Waals surface area (Å²) in [6, 6.07) is 17.8. The number of halogens is 3. The van der Waals surface area contributed by atoms with Crippen LogP contribution in [0.3, 0.4) is 0 Å². The van der Waals surface area contributed by atoms with Gasteiger partial charge in [0.25, 0.3) is 5.91 Å². The fourth-order valence-corrected chi connectivity index (χ4v) is 3.06. The molecular formula is C22H15Cl3N2O4. The minimum Gasteiger partial charge on any atom is -0.484 e. The number of hydrogen-bond acceptors (Lipinski definition) is 5. The first-order valence-electron chi connectivity index (χ1n) is 8.88. The maximum absolute atomic E-state index is 12.3. The molecule has 158 valence electrons. The highest BCUT2D eigenvalue weighted by atomic mass is 35.5. The minimum atomic E-state index is -0.623. The molecule has 0 aliphatic carbocycles. The SMILES string of the molecule is O=C(COc1cccc(Cl)c1)N/N=C/c1cccc(OC(=O)c2ccc(Cl)cc2Cl)c1. The Morgan fingerprint density at radius 3 is 2.42 bits per heavy atom. The normalized spacial score (nSPS) is 10.7. The highest BCUT2D eigenvalue weighted by Gasteiger charge is 2.13. The molecule has 0 spiro atoms. The first-order valence-corrected chi connectivity index (χ1v) is 10.0. The second-order valence-electron chi connectivity index (χ2n) is 6.13. The molecule has 0 atom stereocenters. The van der Waals surface area contributed by atoms with Gasteiger partial charge < -0.3 is 9.47 Å². The highest BCUT2D eigenvalue weighted by molar-refractivity contribution is 6.36. The second-order valence-corrected chi connectivity index (χ2v) is 7.41. The Hall–Kier alpha value is -3.06. The van der Waals surface area contributed by atoms with Gasteiger partial charge in [-0.15, -0.1) is 0 Å². The van der Waals surface area contributed by atoms with E-state index in [9.17, 15) is 9.59 Å². The average molecular weight is 478 g/mol. The molecule has 6 nitrogen and oxygen atoms in total. The Kier molecular flexibility index (Phi) is 7.89. The lowest BCUT2D eigenvalue weighted by atomic mass is 10.2. The molecular weight excluding hydrogens is 463 g/mol. The summed E-state index contributed by atoms with van der Waals surface area (Å²) in [6.45, 7) is -0.225. The molecule has 1 N–H and O–H groups in total. The summed E-state index contributed by atoms with van der Waals surface area (Å²) in [6.07, 6.45) is 1.41. The molecule has 0 radical (unpaired) electrons. The number of carbonyl (C=O) groups excluding carboxylic acids is 2. The molecule has 9 heteroatoms. The molecule has 0 bridgehead atoms. The standard InChI is InChI=1S/C22H15Cl3N2O4/c23-15-4-2-5-17(10-15)30-13-21(28)27-26-12-14-3-1-6-18(9-14)31-22(29)19-8-7-16(24)11-20(19)25/h1-12H,13H2,(H,27,28)/b26-12+. The van der Waals surface area contributed by atoms with Gasteiger partial charge in [-0.05, 0) is 54.1 Å². The van der Waals surface area contributed by atoms with E-state index < -0.39 is 11.9 Å². The van der Waals surface area contributed by atoms with Crippen molar-refractivity contribution in [3.8, 4) is 11.5 Å². The number of amides is 1. The summed E-state index contributed by atoms with van der Waals surface area (Å²) in [4.78, 5) is 24.2. The van der Waals surface area contributed by atoms with Gasteiger partial charge in [0, 0.05) is 10.0 Å². The van der Waals surface area contributed by atoms with Crippen LogP contribution in [0.15, 0.2) is 71.8 Å². The van der Waals surface area contributed by atoms with Gasteiger partial charge in [-0.1, -0.05) is 53.0 Å². The zero-order valence-corrected chi connectivity index (χ0v) is 18.1. The number of ether oxygens (including phenoxy) is 2. The molecule has 0 saturated heterocycles. The van der Waals surface area contributed by atoms with E-state index in [1.54, 1.807) is 54.6 Å². The lowest BCUT2D eigenvalue weighted by Crippen LogP contribution is -2.24. The first-order chi connectivity index (χ1) is 14.9. The largest absolute Gasteiger partial charge is 0.484 e. The molecule has 0 unspecified atom stereocenters. The van der Waals surface area contributed by atoms with Crippen molar-refractivity contribution in [3.63, 3.8) is 0 Å². The molecule has 31 heavy (non-hydrogen) atoms. The summed E-state index contributed by atoms with van der Waals surface area (Å²) in [7, 11) is 0. The van der Waals surface area contributed by atoms with Gasteiger partial charge in [-0.2, -0.15) is 5.10 Å². The van der Waals surface area contributed by atoms with E-state index in [2.05, 4.69) is 10.5 Å². The molecule has 0 aromatic heterocycles. The van der Waals surface area contributed by atoms with Gasteiger partial charge >= 0.3 is 5.97 Å². The van der Waals surface area contributed by atoms with Crippen molar-refractivity contribution in [2.24, 2.45) is 5.10 Å². The van der Waals surface area contributed by atoms with Crippen molar-refractivity contribution in [2.45, 2.75) is 0 Å². The minimum absolute atomic E-state index is 0.192. The van der Waals surface area contributed by atoms with Crippen LogP contribution in [0, 0.1) is 0 Å². The Morgan fingerprint density at radius 1 is 0.903 bits per heavy atom. The van der Waals surface area contributed by atoms with Gasteiger partial charge in [0.05, 0.1) is 16.8 Å². The fourth-order valence-electron chi connectivity index (χ4n) is 2.39. The number of esters is 1. The van der Waals surface area contributed by atoms with Gasteiger partial charge in [-0.3, -0.25) is 4.79 Å². The Bertz CT molecular complexity index is 1140. The topological polar surface area (TPSA) is 77.0 Å². The van der Waals surface area contributed by atoms with E-state index >= 15 is 0 Å². The molecule has 3 rings (SSSR count). The van der Waals surface area contributed by atoms with Gasteiger partial charge in [0.1, 0.15) is 11.5 Å². The van der Waals surface area contributed by atoms with Crippen LogP contribution in [-0.4, -0.2) is 24.7 Å². The summed E-state index contributed by atoms with van der Waals surface area (Å²) in [5.41, 5.74) is 3.14. The maximum Gasteiger partial charge on any atom is 0.345 e. The molecule has 0 aliphatic rings. The van der Waals surface area contributed by atoms with Crippen LogP contribution < -0.4 is 14.9 Å². The first kappa shape index (κ1) is 22.6. The van der Waals surface area contributed by atoms with Crippen LogP contribution in [0.5, 0.6) is 11.5 Å². The zero-order valence-electron chi connectivity index (χ0n) is 15.8. The van der Waals surface area contributed by atoms with Gasteiger partial charge in [0.15, 0.2) is 6.61 Å². The van der Waals surface area contributed by atoms with E-state index in [0.717, 1.165) is 0 Å². The van der Waals surface area contributed by atoms with Crippen molar-refractivity contribution in [1.82, 2.24) is 5.43 Å². The van der Waals surface area contributed by atoms with Crippen LogP contribution in [0.25, 0.3) is 0 Å². The Labute approximate surface area is 193 Å². The van der Waals surface area contributed by atoms with Crippen molar-refractivity contribution in [3.05, 3.63) is 92.9 Å². The zero-order chi connectivity index (χ0) is 22.2. The quantitative estimate of drug-likeness (QED) is 0.214. The predicted molar refractivity (Wildman–Crippen MR) is 121 cm³/mol. The van der Waals surface area contributed by atoms with Gasteiger partial charge in [0.2, 0.25) is 0 Å². The van der Waals surface area contributed by atoms with Crippen LogP contribution >= 0.6 is 34.8 Å². The monoisotopic (exact) mass is 476 g/mol. The second kappa shape index (κ2) is 10.8. The highest BCUT2D eigenvalue weighted by Crippen LogP contribution is 2.23. The van der Waals surface area contributed by atoms with E-state index in [1.165, 1.54) is 18.3 Å². The van der Waals surface area contributed by atoms with Crippen molar-refractivity contribution in [1.29, 1.82) is 0 Å². The molecule has 0 fully saturated rings. The van der Waals surface area contributed by atoms with E-state index in [4.69, 9.17) is 44.3 Å². The average Bonchev–Trinajstić information content (AvgIpc) is 2.72. The van der Waals surface area contributed by atoms with Crippen LogP contribution in [0.4, 0.5) is 0 Å². The Morgan fingerprint density at radius 2 is 1.65 bits per heavy atom. The molecule has 0 heterocycles. The summed E-state index contributed by atoms with van der Waals surface area (Å²) < 4.78 is 10.7. The maximum atomic E-state index is 12.3. The fraction of sp³-hybridized carbons (Fsp3) is 0.0455. The van der Waals surface area contributed by atoms with Crippen LogP contribution in [0.2, 0.25) is 15.1 Å². The van der Waals surface area contributed by atoms with E-state index in [-0.39, 0.29) is 22.9 Å². The number of rotatable bonds is 7. The van der Waals surface area contributed by atoms with Crippen molar-refractivity contribution in [2.75, 3.05) is 6.61 Å². The van der Waals surface area contributed by atoms with Crippen LogP contribution in [-0.2, 0) is 4.79 Å². The van der Waals surface area contributed by atoms with E-state index in [1.807, 2.05) is 0 Å². The number of nitrogens with one attached hydrogen (secondary N) is 1. The molecule has 1 amide bonds. The Balaban J connectivity index is 1.54.